The van der Waals surface area contributed by atoms with Gasteiger partial charge in [0.25, 0.3) is 0 Å². The molecule has 13 heavy (non-hydrogen) atoms. The van der Waals surface area contributed by atoms with E-state index >= 15 is 0 Å². The largest absolute Gasteiger partial charge is 0.0683 e. The maximum Gasteiger partial charge on any atom is -0.00465 e. The second-order valence-corrected chi connectivity index (χ2v) is 3.89. The molecule has 1 aliphatic rings. The number of rotatable bonds is 1. The molecule has 0 aliphatic heterocycles. The summed E-state index contributed by atoms with van der Waals surface area (Å²) in [7, 11) is 0. The first kappa shape index (κ1) is 10.3. The van der Waals surface area contributed by atoms with Crippen molar-refractivity contribution in [1.82, 2.24) is 0 Å². The molecule has 72 valence electrons. The van der Waals surface area contributed by atoms with Crippen LogP contribution in [0.15, 0.2) is 30.3 Å². The molecule has 0 saturated heterocycles. The van der Waals surface area contributed by atoms with E-state index in [4.69, 9.17) is 0 Å². The Labute approximate surface area is 82.0 Å². The Bertz CT molecular complexity index is 250. The van der Waals surface area contributed by atoms with E-state index in [1.165, 1.54) is 12.0 Å². The van der Waals surface area contributed by atoms with Crippen molar-refractivity contribution >= 4 is 0 Å². The standard InChI is InChI=1S/C11H14.C2H6/c1-9-8-11(9,2)10-6-4-3-5-7-10;1-2/h3-7,9H,8H2,1-2H3;1-2H3. The predicted molar refractivity (Wildman–Crippen MR) is 58.9 cm³/mol. The quantitative estimate of drug-likeness (QED) is 0.606. The van der Waals surface area contributed by atoms with Crippen molar-refractivity contribution in [2.24, 2.45) is 5.92 Å². The van der Waals surface area contributed by atoms with Gasteiger partial charge in [-0.25, -0.2) is 0 Å². The van der Waals surface area contributed by atoms with E-state index in [0.717, 1.165) is 5.92 Å². The van der Waals surface area contributed by atoms with E-state index in [1.54, 1.807) is 0 Å². The zero-order valence-corrected chi connectivity index (χ0v) is 9.17. The molecule has 0 nitrogen and oxygen atoms in total. The Kier molecular flexibility index (Phi) is 3.13. The minimum absolute atomic E-state index is 0.501. The Morgan fingerprint density at radius 2 is 1.62 bits per heavy atom. The first-order valence-electron chi connectivity index (χ1n) is 5.29. The van der Waals surface area contributed by atoms with Gasteiger partial charge in [-0.3, -0.25) is 0 Å². The molecule has 0 N–H and O–H groups in total. The summed E-state index contributed by atoms with van der Waals surface area (Å²) in [5, 5.41) is 0. The lowest BCUT2D eigenvalue weighted by Gasteiger charge is -2.08. The van der Waals surface area contributed by atoms with Crippen LogP contribution in [-0.2, 0) is 5.41 Å². The third-order valence-electron chi connectivity index (χ3n) is 3.09. The molecule has 1 fully saturated rings. The van der Waals surface area contributed by atoms with Crippen molar-refractivity contribution in [2.75, 3.05) is 0 Å². The lowest BCUT2D eigenvalue weighted by Crippen LogP contribution is -2.01. The first-order valence-corrected chi connectivity index (χ1v) is 5.29. The van der Waals surface area contributed by atoms with Crippen molar-refractivity contribution in [3.8, 4) is 0 Å². The van der Waals surface area contributed by atoms with Crippen molar-refractivity contribution in [3.05, 3.63) is 35.9 Å². The van der Waals surface area contributed by atoms with Crippen molar-refractivity contribution < 1.29 is 0 Å². The van der Waals surface area contributed by atoms with Gasteiger partial charge < -0.3 is 0 Å². The van der Waals surface area contributed by atoms with Gasteiger partial charge in [-0.1, -0.05) is 58.0 Å². The molecular weight excluding hydrogens is 156 g/mol. The highest BCUT2D eigenvalue weighted by Crippen LogP contribution is 2.53. The van der Waals surface area contributed by atoms with Crippen LogP contribution in [0, 0.1) is 5.92 Å². The summed E-state index contributed by atoms with van der Waals surface area (Å²) >= 11 is 0. The van der Waals surface area contributed by atoms with Gasteiger partial charge in [0.2, 0.25) is 0 Å². The molecule has 1 aromatic carbocycles. The second-order valence-electron chi connectivity index (χ2n) is 3.89. The van der Waals surface area contributed by atoms with Gasteiger partial charge in [0.05, 0.1) is 0 Å². The summed E-state index contributed by atoms with van der Waals surface area (Å²) in [6.07, 6.45) is 1.36. The van der Waals surface area contributed by atoms with Gasteiger partial charge >= 0.3 is 0 Å². The van der Waals surface area contributed by atoms with E-state index in [1.807, 2.05) is 13.8 Å². The van der Waals surface area contributed by atoms with Crippen LogP contribution in [0.4, 0.5) is 0 Å². The van der Waals surface area contributed by atoms with E-state index in [2.05, 4.69) is 44.2 Å². The van der Waals surface area contributed by atoms with Crippen LogP contribution in [0.25, 0.3) is 0 Å². The van der Waals surface area contributed by atoms with Gasteiger partial charge in [0, 0.05) is 0 Å². The lowest BCUT2D eigenvalue weighted by atomic mass is 9.96. The molecule has 0 aromatic heterocycles. The third-order valence-corrected chi connectivity index (χ3v) is 3.09. The number of hydrogen-bond acceptors (Lipinski definition) is 0. The van der Waals surface area contributed by atoms with Crippen LogP contribution in [-0.4, -0.2) is 0 Å². The van der Waals surface area contributed by atoms with Gasteiger partial charge in [-0.15, -0.1) is 0 Å². The average molecular weight is 176 g/mol. The second kappa shape index (κ2) is 3.95. The van der Waals surface area contributed by atoms with Crippen LogP contribution in [0.2, 0.25) is 0 Å². The highest BCUT2D eigenvalue weighted by atomic mass is 14.5. The van der Waals surface area contributed by atoms with Gasteiger partial charge in [0.1, 0.15) is 0 Å². The fourth-order valence-corrected chi connectivity index (χ4v) is 1.80. The fraction of sp³-hybridized carbons (Fsp3) is 0.538. The fourth-order valence-electron chi connectivity index (χ4n) is 1.80. The molecule has 0 spiro atoms. The summed E-state index contributed by atoms with van der Waals surface area (Å²) in [6.45, 7) is 8.68. The average Bonchev–Trinajstić information content (AvgIpc) is 2.81. The monoisotopic (exact) mass is 176 g/mol. The SMILES string of the molecule is CC.CC1CC1(C)c1ccccc1. The zero-order chi connectivity index (χ0) is 9.90. The van der Waals surface area contributed by atoms with Crippen LogP contribution in [0.5, 0.6) is 0 Å². The maximum atomic E-state index is 2.35. The Hall–Kier alpha value is -0.780. The van der Waals surface area contributed by atoms with Crippen LogP contribution in [0.3, 0.4) is 0 Å². The van der Waals surface area contributed by atoms with E-state index < -0.39 is 0 Å². The predicted octanol–water partition coefficient (Wildman–Crippen LogP) is 4.01. The molecule has 1 aliphatic carbocycles. The summed E-state index contributed by atoms with van der Waals surface area (Å²) < 4.78 is 0. The van der Waals surface area contributed by atoms with Crippen LogP contribution in [0.1, 0.15) is 39.7 Å². The summed E-state index contributed by atoms with van der Waals surface area (Å²) in [6, 6.07) is 10.8. The van der Waals surface area contributed by atoms with Crippen molar-refractivity contribution in [3.63, 3.8) is 0 Å². The Morgan fingerprint density at radius 3 is 2.00 bits per heavy atom. The summed E-state index contributed by atoms with van der Waals surface area (Å²) in [4.78, 5) is 0. The Balaban J connectivity index is 0.000000396. The lowest BCUT2D eigenvalue weighted by molar-refractivity contribution is 0.702. The van der Waals surface area contributed by atoms with E-state index in [0.29, 0.717) is 5.41 Å². The summed E-state index contributed by atoms with van der Waals surface area (Å²) in [5.74, 6) is 0.880. The first-order chi connectivity index (χ1) is 6.23. The minimum atomic E-state index is 0.501. The number of hydrogen-bond donors (Lipinski definition) is 0. The highest BCUT2D eigenvalue weighted by molar-refractivity contribution is 5.31. The molecule has 2 rings (SSSR count). The van der Waals surface area contributed by atoms with Crippen molar-refractivity contribution in [1.29, 1.82) is 0 Å². The molecule has 1 aromatic rings. The molecule has 0 heterocycles. The third kappa shape index (κ3) is 1.93. The molecule has 0 bridgehead atoms. The molecular formula is C13H20. The van der Waals surface area contributed by atoms with E-state index in [-0.39, 0.29) is 0 Å². The van der Waals surface area contributed by atoms with Crippen LogP contribution >= 0.6 is 0 Å². The van der Waals surface area contributed by atoms with E-state index in [9.17, 15) is 0 Å². The van der Waals surface area contributed by atoms with Gasteiger partial charge in [0.15, 0.2) is 0 Å². The van der Waals surface area contributed by atoms with Gasteiger partial charge in [-0.05, 0) is 23.3 Å². The smallest absolute Gasteiger partial charge is 0.00465 e. The maximum absolute atomic E-state index is 2.35. The molecule has 2 atom stereocenters. The topological polar surface area (TPSA) is 0 Å². The number of benzene rings is 1. The zero-order valence-electron chi connectivity index (χ0n) is 9.17. The molecule has 2 unspecified atom stereocenters. The summed E-state index contributed by atoms with van der Waals surface area (Å²) in [5.41, 5.74) is 2.01. The Morgan fingerprint density at radius 1 is 1.15 bits per heavy atom. The molecule has 0 heteroatoms. The molecule has 1 saturated carbocycles. The normalized spacial score (nSPS) is 30.3. The highest BCUT2D eigenvalue weighted by Gasteiger charge is 2.47. The minimum Gasteiger partial charge on any atom is -0.0683 e. The molecule has 0 amide bonds. The van der Waals surface area contributed by atoms with Crippen molar-refractivity contribution in [2.45, 2.75) is 39.5 Å². The van der Waals surface area contributed by atoms with Gasteiger partial charge in [-0.2, -0.15) is 0 Å². The molecule has 0 radical (unpaired) electrons. The van der Waals surface area contributed by atoms with Crippen LogP contribution < -0.4 is 0 Å².